The molecule has 0 atom stereocenters. The maximum Gasteiger partial charge on any atom is 0.343 e. The van der Waals surface area contributed by atoms with E-state index in [9.17, 15) is 14.4 Å². The molecule has 0 N–H and O–H groups in total. The zero-order valence-corrected chi connectivity index (χ0v) is 23.9. The van der Waals surface area contributed by atoms with Crippen LogP contribution in [-0.2, 0) is 4.79 Å². The molecule has 196 valence electrons. The number of hydrogen-bond donors (Lipinski definition) is 0. The third-order valence-corrected chi connectivity index (χ3v) is 7.36. The van der Waals surface area contributed by atoms with Crippen molar-refractivity contribution in [2.75, 3.05) is 20.3 Å². The molecule has 0 unspecified atom stereocenters. The van der Waals surface area contributed by atoms with Gasteiger partial charge in [-0.05, 0) is 107 Å². The fourth-order valence-corrected chi connectivity index (χ4v) is 5.15. The smallest absolute Gasteiger partial charge is 0.343 e. The zero-order chi connectivity index (χ0) is 27.4. The molecule has 0 bridgehead atoms. The number of aryl methyl sites for hydroxylation is 2. The molecular formula is C28H23BrClNO6S. The summed E-state index contributed by atoms with van der Waals surface area (Å²) in [6.45, 7) is 4.22. The second-order valence-corrected chi connectivity index (χ2v) is 10.7. The number of halogens is 2. The quantitative estimate of drug-likeness (QED) is 0.152. The van der Waals surface area contributed by atoms with Crippen molar-refractivity contribution in [1.29, 1.82) is 0 Å². The van der Waals surface area contributed by atoms with Gasteiger partial charge < -0.3 is 14.2 Å². The molecule has 3 aromatic carbocycles. The van der Waals surface area contributed by atoms with E-state index < -0.39 is 11.9 Å². The average molecular weight is 617 g/mol. The Morgan fingerprint density at radius 1 is 1.05 bits per heavy atom. The van der Waals surface area contributed by atoms with Gasteiger partial charge in [0.2, 0.25) is 0 Å². The van der Waals surface area contributed by atoms with Gasteiger partial charge >= 0.3 is 5.97 Å². The fraction of sp³-hybridized carbons (Fsp3) is 0.179. The lowest BCUT2D eigenvalue weighted by atomic mass is 10.1. The molecule has 0 radical (unpaired) electrons. The van der Waals surface area contributed by atoms with Crippen LogP contribution in [0.4, 0.5) is 4.79 Å². The number of carbonyl (C=O) groups is 3. The van der Waals surface area contributed by atoms with Crippen LogP contribution in [-0.4, -0.2) is 42.3 Å². The monoisotopic (exact) mass is 615 g/mol. The summed E-state index contributed by atoms with van der Waals surface area (Å²) in [5.41, 5.74) is 2.94. The predicted molar refractivity (Wildman–Crippen MR) is 151 cm³/mol. The molecule has 10 heteroatoms. The second-order valence-electron chi connectivity index (χ2n) is 8.38. The Morgan fingerprint density at radius 2 is 1.79 bits per heavy atom. The summed E-state index contributed by atoms with van der Waals surface area (Å²) in [6.07, 6.45) is 1.59. The van der Waals surface area contributed by atoms with Gasteiger partial charge in [0.05, 0.1) is 28.6 Å². The minimum atomic E-state index is -0.586. The lowest BCUT2D eigenvalue weighted by Gasteiger charge is -2.15. The Balaban J connectivity index is 1.47. The molecule has 1 fully saturated rings. The van der Waals surface area contributed by atoms with Gasteiger partial charge in [-0.25, -0.2) is 4.79 Å². The van der Waals surface area contributed by atoms with Crippen LogP contribution in [0.2, 0.25) is 5.02 Å². The van der Waals surface area contributed by atoms with Gasteiger partial charge in [-0.3, -0.25) is 14.5 Å². The van der Waals surface area contributed by atoms with Crippen molar-refractivity contribution in [2.24, 2.45) is 0 Å². The van der Waals surface area contributed by atoms with Crippen LogP contribution in [0.25, 0.3) is 6.08 Å². The molecule has 38 heavy (non-hydrogen) atoms. The standard InChI is InChI=1S/C28H23BrClNO6S/c1-16-4-5-17(2)22(12-16)36-11-10-31-26(32)24(38-28(31)34)15-18-13-21(29)25(23(14-18)35-3)37-27(33)19-6-8-20(30)9-7-19/h4-9,12-15H,10-11H2,1-3H3/b24-15-. The highest BCUT2D eigenvalue weighted by Gasteiger charge is 2.35. The summed E-state index contributed by atoms with van der Waals surface area (Å²) in [7, 11) is 1.44. The van der Waals surface area contributed by atoms with Gasteiger partial charge in [-0.15, -0.1) is 0 Å². The summed E-state index contributed by atoms with van der Waals surface area (Å²) >= 11 is 10.2. The van der Waals surface area contributed by atoms with E-state index in [1.807, 2.05) is 32.0 Å². The summed E-state index contributed by atoms with van der Waals surface area (Å²) in [5, 5.41) is 0.133. The van der Waals surface area contributed by atoms with Crippen molar-refractivity contribution in [3.8, 4) is 17.2 Å². The first-order chi connectivity index (χ1) is 18.2. The molecule has 0 aliphatic carbocycles. The van der Waals surface area contributed by atoms with Crippen molar-refractivity contribution in [1.82, 2.24) is 4.90 Å². The number of benzene rings is 3. The maximum absolute atomic E-state index is 13.0. The van der Waals surface area contributed by atoms with Crippen LogP contribution in [0.3, 0.4) is 0 Å². The van der Waals surface area contributed by atoms with Crippen molar-refractivity contribution < 1.29 is 28.6 Å². The minimum Gasteiger partial charge on any atom is -0.493 e. The van der Waals surface area contributed by atoms with Gasteiger partial charge in [-0.1, -0.05) is 23.7 Å². The molecule has 1 aliphatic heterocycles. The van der Waals surface area contributed by atoms with Crippen LogP contribution < -0.4 is 14.2 Å². The van der Waals surface area contributed by atoms with Crippen LogP contribution >= 0.6 is 39.3 Å². The Hall–Kier alpha value is -3.27. The topological polar surface area (TPSA) is 82.1 Å². The number of nitrogens with zero attached hydrogens (tertiary/aromatic N) is 1. The molecule has 0 spiro atoms. The number of imide groups is 1. The number of esters is 1. The maximum atomic E-state index is 13.0. The number of amides is 2. The first-order valence-corrected chi connectivity index (χ1v) is 13.5. The van der Waals surface area contributed by atoms with E-state index in [2.05, 4.69) is 15.9 Å². The van der Waals surface area contributed by atoms with Crippen LogP contribution in [0, 0.1) is 13.8 Å². The van der Waals surface area contributed by atoms with Gasteiger partial charge in [-0.2, -0.15) is 0 Å². The number of hydrogen-bond acceptors (Lipinski definition) is 7. The molecule has 1 aliphatic rings. The first kappa shape index (κ1) is 27.8. The van der Waals surface area contributed by atoms with E-state index in [0.717, 1.165) is 33.5 Å². The number of methoxy groups -OCH3 is 1. The van der Waals surface area contributed by atoms with Crippen LogP contribution in [0.15, 0.2) is 64.0 Å². The molecule has 1 heterocycles. The lowest BCUT2D eigenvalue weighted by molar-refractivity contribution is -0.123. The van der Waals surface area contributed by atoms with E-state index in [1.165, 1.54) is 7.11 Å². The fourth-order valence-electron chi connectivity index (χ4n) is 3.61. The van der Waals surface area contributed by atoms with Crippen LogP contribution in [0.1, 0.15) is 27.0 Å². The number of rotatable bonds is 8. The van der Waals surface area contributed by atoms with Gasteiger partial charge in [0.15, 0.2) is 11.5 Å². The predicted octanol–water partition coefficient (Wildman–Crippen LogP) is 7.06. The summed E-state index contributed by atoms with van der Waals surface area (Å²) in [5.74, 6) is 0.187. The number of carbonyl (C=O) groups excluding carboxylic acids is 3. The molecule has 1 saturated heterocycles. The normalized spacial score (nSPS) is 14.2. The average Bonchev–Trinajstić information content (AvgIpc) is 3.15. The highest BCUT2D eigenvalue weighted by molar-refractivity contribution is 9.10. The molecule has 4 rings (SSSR count). The highest BCUT2D eigenvalue weighted by atomic mass is 79.9. The van der Waals surface area contributed by atoms with Gasteiger partial charge in [0, 0.05) is 5.02 Å². The molecule has 3 aromatic rings. The Labute approximate surface area is 237 Å². The van der Waals surface area contributed by atoms with Gasteiger partial charge in [0.25, 0.3) is 11.1 Å². The van der Waals surface area contributed by atoms with E-state index >= 15 is 0 Å². The van der Waals surface area contributed by atoms with Gasteiger partial charge in [0.1, 0.15) is 12.4 Å². The Bertz CT molecular complexity index is 1440. The summed E-state index contributed by atoms with van der Waals surface area (Å²) in [6, 6.07) is 15.5. The molecule has 7 nitrogen and oxygen atoms in total. The first-order valence-electron chi connectivity index (χ1n) is 11.5. The van der Waals surface area contributed by atoms with Crippen molar-refractivity contribution >= 4 is 62.5 Å². The molecule has 0 saturated carbocycles. The molecule has 0 aromatic heterocycles. The minimum absolute atomic E-state index is 0.127. The second kappa shape index (κ2) is 12.1. The number of thioether (sulfide) groups is 1. The van der Waals surface area contributed by atoms with E-state index in [1.54, 1.807) is 42.5 Å². The van der Waals surface area contributed by atoms with Crippen molar-refractivity contribution in [2.45, 2.75) is 13.8 Å². The SMILES string of the molecule is COc1cc(/C=C2\SC(=O)N(CCOc3cc(C)ccc3C)C2=O)cc(Br)c1OC(=O)c1ccc(Cl)cc1. The van der Waals surface area contributed by atoms with E-state index in [4.69, 9.17) is 25.8 Å². The Kier molecular flexibility index (Phi) is 8.81. The summed E-state index contributed by atoms with van der Waals surface area (Å²) < 4.78 is 17.2. The third kappa shape index (κ3) is 6.40. The number of ether oxygens (including phenoxy) is 3. The van der Waals surface area contributed by atoms with Crippen molar-refractivity contribution in [3.05, 3.63) is 91.3 Å². The van der Waals surface area contributed by atoms with E-state index in [0.29, 0.717) is 20.6 Å². The van der Waals surface area contributed by atoms with E-state index in [-0.39, 0.29) is 34.8 Å². The largest absolute Gasteiger partial charge is 0.493 e. The van der Waals surface area contributed by atoms with Crippen molar-refractivity contribution in [3.63, 3.8) is 0 Å². The van der Waals surface area contributed by atoms with Crippen LogP contribution in [0.5, 0.6) is 17.2 Å². The zero-order valence-electron chi connectivity index (χ0n) is 20.7. The molecule has 2 amide bonds. The Morgan fingerprint density at radius 3 is 2.50 bits per heavy atom. The molecular weight excluding hydrogens is 594 g/mol. The summed E-state index contributed by atoms with van der Waals surface area (Å²) in [4.78, 5) is 39.5. The third-order valence-electron chi connectivity index (χ3n) is 5.61. The lowest BCUT2D eigenvalue weighted by Crippen LogP contribution is -2.32. The highest BCUT2D eigenvalue weighted by Crippen LogP contribution is 2.39.